The molecule has 1 atom stereocenters. The maximum Gasteiger partial charge on any atom is 0.412 e. The van der Waals surface area contributed by atoms with Crippen molar-refractivity contribution in [2.24, 2.45) is 5.92 Å². The van der Waals surface area contributed by atoms with E-state index >= 15 is 0 Å². The number of amides is 2. The van der Waals surface area contributed by atoms with Gasteiger partial charge in [0, 0.05) is 18.9 Å². The highest BCUT2D eigenvalue weighted by Gasteiger charge is 2.29. The smallest absolute Gasteiger partial charge is 0.412 e. The van der Waals surface area contributed by atoms with Crippen molar-refractivity contribution in [2.45, 2.75) is 25.7 Å². The van der Waals surface area contributed by atoms with Crippen LogP contribution < -0.4 is 10.6 Å². The fraction of sp³-hybridized carbons (Fsp3) is 0.259. The van der Waals surface area contributed by atoms with Crippen LogP contribution in [0.5, 0.6) is 0 Å². The molecule has 1 aliphatic rings. The average Bonchev–Trinajstić information content (AvgIpc) is 3.16. The first-order valence-corrected chi connectivity index (χ1v) is 11.5. The van der Waals surface area contributed by atoms with E-state index in [-0.39, 0.29) is 36.4 Å². The number of nitrogens with zero attached hydrogens (tertiary/aromatic N) is 1. The van der Waals surface area contributed by atoms with Gasteiger partial charge in [0.05, 0.1) is 0 Å². The number of anilines is 1. The molecule has 1 aromatic heterocycles. The zero-order valence-corrected chi connectivity index (χ0v) is 19.4. The first kappa shape index (κ1) is 23.9. The zero-order valence-electron chi connectivity index (χ0n) is 19.4. The number of carbonyl (C=O) groups excluding carboxylic acids is 2. The molecule has 0 bridgehead atoms. The lowest BCUT2D eigenvalue weighted by Gasteiger charge is -2.14. The highest BCUT2D eigenvalue weighted by atomic mass is 16.5. The summed E-state index contributed by atoms with van der Waals surface area (Å²) in [6, 6.07) is 20.9. The fourth-order valence-corrected chi connectivity index (χ4v) is 4.29. The van der Waals surface area contributed by atoms with Crippen LogP contribution in [-0.2, 0) is 9.53 Å². The Balaban J connectivity index is 1.32. The number of carbonyl (C=O) groups is 3. The van der Waals surface area contributed by atoms with E-state index in [4.69, 9.17) is 9.84 Å². The van der Waals surface area contributed by atoms with Crippen LogP contribution in [0.15, 0.2) is 66.7 Å². The zero-order chi connectivity index (χ0) is 24.8. The predicted octanol–water partition coefficient (Wildman–Crippen LogP) is 4.67. The number of carboxylic acids is 1. The van der Waals surface area contributed by atoms with E-state index in [2.05, 4.69) is 27.8 Å². The number of aromatic nitrogens is 1. The molecular weight excluding hydrogens is 446 g/mol. The van der Waals surface area contributed by atoms with Crippen molar-refractivity contribution in [1.29, 1.82) is 0 Å². The lowest BCUT2D eigenvalue weighted by molar-refractivity contribution is -0.138. The van der Waals surface area contributed by atoms with E-state index in [1.54, 1.807) is 18.2 Å². The third-order valence-electron chi connectivity index (χ3n) is 6.00. The number of rotatable bonds is 9. The molecule has 0 spiro atoms. The van der Waals surface area contributed by atoms with Crippen LogP contribution in [0, 0.1) is 5.92 Å². The Morgan fingerprint density at radius 2 is 1.63 bits per heavy atom. The predicted molar refractivity (Wildman–Crippen MR) is 131 cm³/mol. The highest BCUT2D eigenvalue weighted by molar-refractivity contribution is 5.93. The number of hydrogen-bond acceptors (Lipinski definition) is 5. The Morgan fingerprint density at radius 1 is 0.971 bits per heavy atom. The van der Waals surface area contributed by atoms with Crippen molar-refractivity contribution >= 4 is 23.8 Å². The maximum atomic E-state index is 12.5. The Morgan fingerprint density at radius 3 is 2.29 bits per heavy atom. The topological polar surface area (TPSA) is 118 Å². The van der Waals surface area contributed by atoms with Crippen LogP contribution in [0.25, 0.3) is 11.1 Å². The molecule has 4 rings (SSSR count). The van der Waals surface area contributed by atoms with E-state index < -0.39 is 18.0 Å². The SMILES string of the molecule is CC(CCNC(=O)c1cccc(NC(=O)OCC2c3ccccc3-c3ccccc32)n1)CC(=O)O. The largest absolute Gasteiger partial charge is 0.481 e. The normalized spacial score (nSPS) is 12.8. The van der Waals surface area contributed by atoms with Gasteiger partial charge in [0.2, 0.25) is 0 Å². The second-order valence-corrected chi connectivity index (χ2v) is 8.61. The van der Waals surface area contributed by atoms with Gasteiger partial charge in [-0.15, -0.1) is 0 Å². The molecule has 180 valence electrons. The number of hydrogen-bond donors (Lipinski definition) is 3. The van der Waals surface area contributed by atoms with E-state index in [0.717, 1.165) is 22.3 Å². The molecule has 1 unspecified atom stereocenters. The minimum Gasteiger partial charge on any atom is -0.481 e. The van der Waals surface area contributed by atoms with Gasteiger partial charge in [-0.3, -0.25) is 14.9 Å². The number of ether oxygens (including phenoxy) is 1. The van der Waals surface area contributed by atoms with E-state index in [9.17, 15) is 14.4 Å². The molecule has 1 heterocycles. The van der Waals surface area contributed by atoms with Gasteiger partial charge in [-0.05, 0) is 46.7 Å². The van der Waals surface area contributed by atoms with Crippen molar-refractivity contribution in [3.05, 3.63) is 83.6 Å². The van der Waals surface area contributed by atoms with Gasteiger partial charge < -0.3 is 15.2 Å². The molecule has 35 heavy (non-hydrogen) atoms. The van der Waals surface area contributed by atoms with Crippen LogP contribution in [0.4, 0.5) is 10.6 Å². The van der Waals surface area contributed by atoms with Crippen LogP contribution >= 0.6 is 0 Å². The van der Waals surface area contributed by atoms with Gasteiger partial charge in [0.1, 0.15) is 18.1 Å². The van der Waals surface area contributed by atoms with E-state index in [1.165, 1.54) is 0 Å². The minimum atomic E-state index is -0.863. The lowest BCUT2D eigenvalue weighted by atomic mass is 9.98. The van der Waals surface area contributed by atoms with Crippen LogP contribution in [0.2, 0.25) is 0 Å². The molecule has 3 N–H and O–H groups in total. The number of aliphatic carboxylic acids is 1. The number of benzene rings is 2. The van der Waals surface area contributed by atoms with Crippen LogP contribution in [0.1, 0.15) is 47.3 Å². The summed E-state index contributed by atoms with van der Waals surface area (Å²) >= 11 is 0. The summed E-state index contributed by atoms with van der Waals surface area (Å²) in [5.74, 6) is -1.17. The third kappa shape index (κ3) is 5.84. The molecule has 0 radical (unpaired) electrons. The summed E-state index contributed by atoms with van der Waals surface area (Å²) < 4.78 is 5.53. The second-order valence-electron chi connectivity index (χ2n) is 8.61. The maximum absolute atomic E-state index is 12.5. The minimum absolute atomic E-state index is 0.0493. The number of pyridine rings is 1. The van der Waals surface area contributed by atoms with Crippen molar-refractivity contribution in [2.75, 3.05) is 18.5 Å². The van der Waals surface area contributed by atoms with Gasteiger partial charge >= 0.3 is 12.1 Å². The Bertz CT molecular complexity index is 1200. The summed E-state index contributed by atoms with van der Waals surface area (Å²) in [5.41, 5.74) is 4.68. The van der Waals surface area contributed by atoms with Crippen LogP contribution in [-0.4, -0.2) is 41.2 Å². The Hall–Kier alpha value is -4.20. The molecule has 0 saturated heterocycles. The summed E-state index contributed by atoms with van der Waals surface area (Å²) in [6.07, 6.45) is -0.0666. The van der Waals surface area contributed by atoms with Gasteiger partial charge in [-0.25, -0.2) is 9.78 Å². The molecule has 0 fully saturated rings. The first-order valence-electron chi connectivity index (χ1n) is 11.5. The summed E-state index contributed by atoms with van der Waals surface area (Å²) in [7, 11) is 0. The number of carboxylic acid groups (broad SMARTS) is 1. The van der Waals surface area contributed by atoms with Crippen molar-refractivity contribution in [3.63, 3.8) is 0 Å². The molecule has 8 nitrogen and oxygen atoms in total. The van der Waals surface area contributed by atoms with E-state index in [0.29, 0.717) is 13.0 Å². The van der Waals surface area contributed by atoms with Crippen molar-refractivity contribution < 1.29 is 24.2 Å². The summed E-state index contributed by atoms with van der Waals surface area (Å²) in [4.78, 5) is 39.8. The third-order valence-corrected chi connectivity index (χ3v) is 6.00. The van der Waals surface area contributed by atoms with Gasteiger partial charge in [0.25, 0.3) is 5.91 Å². The number of nitrogens with one attached hydrogen (secondary N) is 2. The monoisotopic (exact) mass is 473 g/mol. The Kier molecular flexibility index (Phi) is 7.40. The van der Waals surface area contributed by atoms with E-state index in [1.807, 2.05) is 43.3 Å². The highest BCUT2D eigenvalue weighted by Crippen LogP contribution is 2.44. The quantitative estimate of drug-likeness (QED) is 0.416. The molecule has 0 aliphatic heterocycles. The molecule has 0 saturated carbocycles. The molecule has 1 aliphatic carbocycles. The van der Waals surface area contributed by atoms with Crippen molar-refractivity contribution in [3.8, 4) is 11.1 Å². The fourth-order valence-electron chi connectivity index (χ4n) is 4.29. The second kappa shape index (κ2) is 10.8. The molecule has 8 heteroatoms. The van der Waals surface area contributed by atoms with Gasteiger partial charge in [0.15, 0.2) is 0 Å². The molecular formula is C27H27N3O5. The molecule has 2 aromatic carbocycles. The van der Waals surface area contributed by atoms with Gasteiger partial charge in [-0.2, -0.15) is 0 Å². The molecule has 2 amide bonds. The number of fused-ring (bicyclic) bond motifs is 3. The lowest BCUT2D eigenvalue weighted by Crippen LogP contribution is -2.27. The first-order chi connectivity index (χ1) is 16.9. The average molecular weight is 474 g/mol. The van der Waals surface area contributed by atoms with Crippen molar-refractivity contribution in [1.82, 2.24) is 10.3 Å². The summed E-state index contributed by atoms with van der Waals surface area (Å²) in [6.45, 7) is 2.32. The van der Waals surface area contributed by atoms with Crippen LogP contribution in [0.3, 0.4) is 0 Å². The van der Waals surface area contributed by atoms with Gasteiger partial charge in [-0.1, -0.05) is 61.5 Å². The standard InChI is InChI=1S/C27H27N3O5/c1-17(15-25(31)32)13-14-28-26(33)23-11-6-12-24(29-23)30-27(34)35-16-22-20-9-4-2-7-18(20)19-8-3-5-10-21(19)22/h2-12,17,22H,13-16H2,1H3,(H,28,33)(H,31,32)(H,29,30,34). The molecule has 3 aromatic rings. The summed E-state index contributed by atoms with van der Waals surface area (Å²) in [5, 5.41) is 14.1. The Labute approximate surface area is 203 Å².